The molecule has 0 spiro atoms. The van der Waals surface area contributed by atoms with Crippen LogP contribution in [0.1, 0.15) is 33.2 Å². The largest absolute Gasteiger partial charge is 0.492 e. The van der Waals surface area contributed by atoms with Crippen LogP contribution in [0.5, 0.6) is 5.75 Å². The molecule has 0 atom stereocenters. The lowest BCUT2D eigenvalue weighted by atomic mass is 10.1. The molecule has 23 heavy (non-hydrogen) atoms. The molecule has 1 aliphatic rings. The third-order valence-corrected chi connectivity index (χ3v) is 4.70. The van der Waals surface area contributed by atoms with E-state index in [-0.39, 0.29) is 17.1 Å². The fraction of sp³-hybridized carbons (Fsp3) is 0.111. The van der Waals surface area contributed by atoms with Crippen LogP contribution in [0.2, 0.25) is 0 Å². The van der Waals surface area contributed by atoms with Crippen molar-refractivity contribution < 1.29 is 14.3 Å². The Morgan fingerprint density at radius 1 is 1.00 bits per heavy atom. The number of hydrogen-bond donors (Lipinski definition) is 0. The Morgan fingerprint density at radius 2 is 1.52 bits per heavy atom. The van der Waals surface area contributed by atoms with Gasteiger partial charge in [0.25, 0.3) is 0 Å². The first-order chi connectivity index (χ1) is 11.0. The molecular formula is C18H12Br2O3. The number of ether oxygens (including phenoxy) is 1. The normalized spacial score (nSPS) is 13.3. The summed E-state index contributed by atoms with van der Waals surface area (Å²) in [6.07, 6.45) is 1.62. The average molecular weight is 436 g/mol. The first-order valence-electron chi connectivity index (χ1n) is 7.05. The molecule has 2 aromatic carbocycles. The van der Waals surface area contributed by atoms with Gasteiger partial charge in [0.05, 0.1) is 21.1 Å². The summed E-state index contributed by atoms with van der Waals surface area (Å²) in [5.74, 6) is 0.237. The standard InChI is InChI=1S/C18H12Br2O3/c1-2-23-18-14(19)8-10(9-15(18)20)7-13-16(21)11-5-3-4-6-12(11)17(13)22/h3-9H,2H2,1H3. The molecule has 0 bridgehead atoms. The molecule has 2 aromatic rings. The number of halogens is 2. The van der Waals surface area contributed by atoms with Crippen LogP contribution in [-0.2, 0) is 0 Å². The first kappa shape index (κ1) is 16.1. The van der Waals surface area contributed by atoms with Gasteiger partial charge in [-0.3, -0.25) is 9.59 Å². The third-order valence-electron chi connectivity index (χ3n) is 3.53. The number of carbonyl (C=O) groups is 2. The zero-order chi connectivity index (χ0) is 16.6. The van der Waals surface area contributed by atoms with Gasteiger partial charge >= 0.3 is 0 Å². The van der Waals surface area contributed by atoms with Crippen molar-refractivity contribution in [2.75, 3.05) is 6.61 Å². The number of Topliss-reactive ketones (excluding diaryl/α,β-unsaturated/α-hetero) is 2. The Morgan fingerprint density at radius 3 is 2.00 bits per heavy atom. The summed E-state index contributed by atoms with van der Waals surface area (Å²) in [5.41, 5.74) is 1.87. The van der Waals surface area contributed by atoms with Crippen LogP contribution in [0, 0.1) is 0 Å². The van der Waals surface area contributed by atoms with Gasteiger partial charge in [-0.1, -0.05) is 24.3 Å². The van der Waals surface area contributed by atoms with Gasteiger partial charge in [-0.25, -0.2) is 0 Å². The third kappa shape index (κ3) is 2.91. The molecule has 1 aliphatic carbocycles. The Bertz CT molecular complexity index is 793. The van der Waals surface area contributed by atoms with Crippen LogP contribution in [0.3, 0.4) is 0 Å². The molecular weight excluding hydrogens is 424 g/mol. The van der Waals surface area contributed by atoms with Gasteiger partial charge in [-0.15, -0.1) is 0 Å². The number of carbonyl (C=O) groups excluding carboxylic acids is 2. The minimum Gasteiger partial charge on any atom is -0.492 e. The van der Waals surface area contributed by atoms with Gasteiger partial charge in [0.15, 0.2) is 11.6 Å². The van der Waals surface area contributed by atoms with Crippen molar-refractivity contribution in [1.82, 2.24) is 0 Å². The summed E-state index contributed by atoms with van der Waals surface area (Å²) < 4.78 is 7.06. The summed E-state index contributed by atoms with van der Waals surface area (Å²) in [4.78, 5) is 24.8. The van der Waals surface area contributed by atoms with Crippen LogP contribution < -0.4 is 4.74 Å². The minimum atomic E-state index is -0.230. The lowest BCUT2D eigenvalue weighted by molar-refractivity contribution is 0.0990. The van der Waals surface area contributed by atoms with Crippen LogP contribution in [0.4, 0.5) is 0 Å². The zero-order valence-electron chi connectivity index (χ0n) is 12.2. The minimum absolute atomic E-state index is 0.189. The Kier molecular flexibility index (Phi) is 4.50. The number of benzene rings is 2. The summed E-state index contributed by atoms with van der Waals surface area (Å²) in [5, 5.41) is 0. The highest BCUT2D eigenvalue weighted by Gasteiger charge is 2.32. The van der Waals surface area contributed by atoms with E-state index in [1.807, 2.05) is 19.1 Å². The molecule has 3 rings (SSSR count). The molecule has 3 nitrogen and oxygen atoms in total. The summed E-state index contributed by atoms with van der Waals surface area (Å²) in [7, 11) is 0. The van der Waals surface area contributed by atoms with E-state index in [1.54, 1.807) is 30.3 Å². The van der Waals surface area contributed by atoms with Gasteiger partial charge in [0.1, 0.15) is 5.75 Å². The molecule has 116 valence electrons. The van der Waals surface area contributed by atoms with Crippen LogP contribution in [0.15, 0.2) is 50.9 Å². The number of rotatable bonds is 3. The predicted molar refractivity (Wildman–Crippen MR) is 96.1 cm³/mol. The Balaban J connectivity index is 2.04. The molecule has 0 N–H and O–H groups in total. The fourth-order valence-corrected chi connectivity index (χ4v) is 3.97. The van der Waals surface area contributed by atoms with Gasteiger partial charge in [-0.05, 0) is 62.6 Å². The molecule has 0 heterocycles. The topological polar surface area (TPSA) is 43.4 Å². The molecule has 0 amide bonds. The van der Waals surface area contributed by atoms with Crippen molar-refractivity contribution in [3.8, 4) is 5.75 Å². The number of ketones is 2. The van der Waals surface area contributed by atoms with Crippen LogP contribution >= 0.6 is 31.9 Å². The van der Waals surface area contributed by atoms with Crippen LogP contribution in [-0.4, -0.2) is 18.2 Å². The van der Waals surface area contributed by atoms with E-state index in [9.17, 15) is 9.59 Å². The fourth-order valence-electron chi connectivity index (χ4n) is 2.52. The van der Waals surface area contributed by atoms with Gasteiger partial charge in [-0.2, -0.15) is 0 Å². The number of allylic oxidation sites excluding steroid dienone is 1. The maximum atomic E-state index is 12.4. The Hall–Kier alpha value is -1.72. The highest BCUT2D eigenvalue weighted by atomic mass is 79.9. The maximum absolute atomic E-state index is 12.4. The smallest absolute Gasteiger partial charge is 0.197 e. The van der Waals surface area contributed by atoms with Crippen molar-refractivity contribution in [2.45, 2.75) is 6.92 Å². The molecule has 0 unspecified atom stereocenters. The van der Waals surface area contributed by atoms with Crippen molar-refractivity contribution in [1.29, 1.82) is 0 Å². The zero-order valence-corrected chi connectivity index (χ0v) is 15.4. The average Bonchev–Trinajstić information content (AvgIpc) is 2.77. The molecule has 0 saturated carbocycles. The molecule has 0 aromatic heterocycles. The second kappa shape index (κ2) is 6.42. The van der Waals surface area contributed by atoms with Gasteiger partial charge < -0.3 is 4.74 Å². The van der Waals surface area contributed by atoms with E-state index in [0.717, 1.165) is 14.5 Å². The highest BCUT2D eigenvalue weighted by Crippen LogP contribution is 2.36. The van der Waals surface area contributed by atoms with Crippen molar-refractivity contribution >= 4 is 49.5 Å². The first-order valence-corrected chi connectivity index (χ1v) is 8.63. The van der Waals surface area contributed by atoms with E-state index < -0.39 is 0 Å². The Labute approximate surface area is 150 Å². The summed E-state index contributed by atoms with van der Waals surface area (Å²) >= 11 is 6.91. The second-order valence-corrected chi connectivity index (χ2v) is 6.72. The van der Waals surface area contributed by atoms with Crippen molar-refractivity contribution in [2.24, 2.45) is 0 Å². The monoisotopic (exact) mass is 434 g/mol. The molecule has 0 aliphatic heterocycles. The van der Waals surface area contributed by atoms with Gasteiger partial charge in [0.2, 0.25) is 0 Å². The summed E-state index contributed by atoms with van der Waals surface area (Å²) in [6.45, 7) is 2.45. The molecule has 0 fully saturated rings. The maximum Gasteiger partial charge on any atom is 0.197 e. The van der Waals surface area contributed by atoms with Crippen molar-refractivity contribution in [3.05, 3.63) is 67.6 Å². The number of fused-ring (bicyclic) bond motifs is 1. The van der Waals surface area contributed by atoms with E-state index in [2.05, 4.69) is 31.9 Å². The molecule has 5 heteroatoms. The summed E-state index contributed by atoms with van der Waals surface area (Å²) in [6, 6.07) is 10.5. The lowest BCUT2D eigenvalue weighted by Crippen LogP contribution is -2.00. The number of hydrogen-bond acceptors (Lipinski definition) is 3. The highest BCUT2D eigenvalue weighted by molar-refractivity contribution is 9.11. The van der Waals surface area contributed by atoms with E-state index in [0.29, 0.717) is 23.5 Å². The van der Waals surface area contributed by atoms with Crippen LogP contribution in [0.25, 0.3) is 6.08 Å². The van der Waals surface area contributed by atoms with E-state index in [1.165, 1.54) is 0 Å². The second-order valence-electron chi connectivity index (χ2n) is 5.01. The van der Waals surface area contributed by atoms with Gasteiger partial charge in [0, 0.05) is 11.1 Å². The van der Waals surface area contributed by atoms with E-state index in [4.69, 9.17) is 4.74 Å². The molecule has 0 radical (unpaired) electrons. The lowest BCUT2D eigenvalue weighted by Gasteiger charge is -2.09. The predicted octanol–water partition coefficient (Wildman–Crippen LogP) is 5.07. The SMILES string of the molecule is CCOc1c(Br)cc(C=C2C(=O)c3ccccc3C2=O)cc1Br. The molecule has 0 saturated heterocycles. The van der Waals surface area contributed by atoms with E-state index >= 15 is 0 Å². The van der Waals surface area contributed by atoms with Crippen molar-refractivity contribution in [3.63, 3.8) is 0 Å². The quantitative estimate of drug-likeness (QED) is 0.499.